The van der Waals surface area contributed by atoms with Crippen molar-refractivity contribution in [1.82, 2.24) is 14.8 Å². The normalized spacial score (nSPS) is 10.7. The molecule has 4 nitrogen and oxygen atoms in total. The first kappa shape index (κ1) is 11.0. The summed E-state index contributed by atoms with van der Waals surface area (Å²) in [6.45, 7) is 0. The van der Waals surface area contributed by atoms with Crippen LogP contribution in [0.25, 0.3) is 5.00 Å². The Morgan fingerprint density at radius 3 is 2.72 bits per heavy atom. The molecular formula is C13H11N3OS. The van der Waals surface area contributed by atoms with E-state index in [1.807, 2.05) is 47.8 Å². The van der Waals surface area contributed by atoms with Gasteiger partial charge in [0.2, 0.25) is 0 Å². The summed E-state index contributed by atoms with van der Waals surface area (Å²) in [7, 11) is 0. The highest BCUT2D eigenvalue weighted by atomic mass is 32.1. The zero-order valence-electron chi connectivity index (χ0n) is 9.54. The van der Waals surface area contributed by atoms with E-state index in [4.69, 9.17) is 0 Å². The van der Waals surface area contributed by atoms with E-state index < -0.39 is 0 Å². The van der Waals surface area contributed by atoms with Gasteiger partial charge in [-0.25, -0.2) is 14.5 Å². The topological polar surface area (TPSA) is 50.7 Å². The minimum Gasteiger partial charge on any atom is -0.246 e. The number of H-pyrrole nitrogens is 1. The molecule has 0 unspecified atom stereocenters. The minimum atomic E-state index is -0.191. The molecule has 18 heavy (non-hydrogen) atoms. The molecule has 0 spiro atoms. The summed E-state index contributed by atoms with van der Waals surface area (Å²) in [6.07, 6.45) is 0.636. The molecule has 0 bridgehead atoms. The molecule has 0 radical (unpaired) electrons. The predicted octanol–water partition coefficient (Wildman–Crippen LogP) is 2.21. The summed E-state index contributed by atoms with van der Waals surface area (Å²) in [6, 6.07) is 13.8. The zero-order chi connectivity index (χ0) is 12.4. The highest BCUT2D eigenvalue weighted by Crippen LogP contribution is 2.15. The van der Waals surface area contributed by atoms with Crippen molar-refractivity contribution in [2.45, 2.75) is 6.42 Å². The van der Waals surface area contributed by atoms with Crippen molar-refractivity contribution >= 4 is 11.3 Å². The van der Waals surface area contributed by atoms with Crippen LogP contribution in [0.3, 0.4) is 0 Å². The predicted molar refractivity (Wildman–Crippen MR) is 71.3 cm³/mol. The Morgan fingerprint density at radius 1 is 1.17 bits per heavy atom. The third-order valence-corrected chi connectivity index (χ3v) is 3.53. The summed E-state index contributed by atoms with van der Waals surface area (Å²) in [5, 5.41) is 9.44. The van der Waals surface area contributed by atoms with Gasteiger partial charge in [0, 0.05) is 6.42 Å². The molecule has 0 aliphatic heterocycles. The van der Waals surface area contributed by atoms with Crippen molar-refractivity contribution in [2.24, 2.45) is 0 Å². The van der Waals surface area contributed by atoms with Crippen molar-refractivity contribution in [1.29, 1.82) is 0 Å². The molecular weight excluding hydrogens is 246 g/mol. The van der Waals surface area contributed by atoms with Crippen LogP contribution < -0.4 is 5.69 Å². The standard InChI is InChI=1S/C13H11N3OS/c17-13-15-14-11(9-10-5-2-1-3-6-10)16(13)12-7-4-8-18-12/h1-8H,9H2,(H,15,17). The molecule has 0 atom stereocenters. The second-order valence-corrected chi connectivity index (χ2v) is 4.82. The van der Waals surface area contributed by atoms with Gasteiger partial charge in [-0.1, -0.05) is 30.3 Å². The third kappa shape index (κ3) is 2.00. The van der Waals surface area contributed by atoms with E-state index in [1.54, 1.807) is 4.57 Å². The zero-order valence-corrected chi connectivity index (χ0v) is 10.4. The second-order valence-electron chi connectivity index (χ2n) is 3.89. The van der Waals surface area contributed by atoms with Crippen molar-refractivity contribution < 1.29 is 0 Å². The molecule has 0 saturated carbocycles. The maximum absolute atomic E-state index is 11.8. The number of hydrogen-bond acceptors (Lipinski definition) is 3. The monoisotopic (exact) mass is 257 g/mol. The molecule has 1 aromatic carbocycles. The maximum atomic E-state index is 11.8. The van der Waals surface area contributed by atoms with Crippen LogP contribution in [-0.4, -0.2) is 14.8 Å². The molecule has 5 heteroatoms. The van der Waals surface area contributed by atoms with Crippen LogP contribution >= 0.6 is 11.3 Å². The molecule has 3 rings (SSSR count). The molecule has 2 heterocycles. The van der Waals surface area contributed by atoms with Gasteiger partial charge in [-0.15, -0.1) is 11.3 Å². The van der Waals surface area contributed by atoms with Crippen LogP contribution in [0.2, 0.25) is 0 Å². The molecule has 3 aromatic rings. The Bertz CT molecular complexity index is 683. The lowest BCUT2D eigenvalue weighted by Gasteiger charge is -2.02. The van der Waals surface area contributed by atoms with Crippen LogP contribution in [0.4, 0.5) is 0 Å². The summed E-state index contributed by atoms with van der Waals surface area (Å²) in [5.74, 6) is 0.730. The van der Waals surface area contributed by atoms with Crippen molar-refractivity contribution in [3.05, 3.63) is 69.7 Å². The fourth-order valence-electron chi connectivity index (χ4n) is 1.85. The van der Waals surface area contributed by atoms with Gasteiger partial charge >= 0.3 is 5.69 Å². The molecule has 0 saturated heterocycles. The number of hydrogen-bond donors (Lipinski definition) is 1. The van der Waals surface area contributed by atoms with E-state index in [2.05, 4.69) is 10.2 Å². The van der Waals surface area contributed by atoms with E-state index >= 15 is 0 Å². The van der Waals surface area contributed by atoms with Crippen molar-refractivity contribution in [3.8, 4) is 5.00 Å². The number of nitrogens with zero attached hydrogens (tertiary/aromatic N) is 2. The molecule has 0 amide bonds. The summed E-state index contributed by atoms with van der Waals surface area (Å²) in [4.78, 5) is 11.8. The van der Waals surface area contributed by atoms with Gasteiger partial charge in [0.15, 0.2) is 0 Å². The van der Waals surface area contributed by atoms with Gasteiger partial charge in [0.25, 0.3) is 0 Å². The number of benzene rings is 1. The largest absolute Gasteiger partial charge is 0.348 e. The van der Waals surface area contributed by atoms with Gasteiger partial charge in [0.1, 0.15) is 10.8 Å². The Balaban J connectivity index is 2.02. The lowest BCUT2D eigenvalue weighted by atomic mass is 10.1. The van der Waals surface area contributed by atoms with Crippen LogP contribution in [0.1, 0.15) is 11.4 Å². The maximum Gasteiger partial charge on any atom is 0.348 e. The first-order valence-corrected chi connectivity index (χ1v) is 6.46. The Kier molecular flexibility index (Phi) is 2.82. The fraction of sp³-hybridized carbons (Fsp3) is 0.0769. The van der Waals surface area contributed by atoms with E-state index in [9.17, 15) is 4.79 Å². The van der Waals surface area contributed by atoms with E-state index in [0.29, 0.717) is 6.42 Å². The summed E-state index contributed by atoms with van der Waals surface area (Å²) >= 11 is 1.52. The number of nitrogens with one attached hydrogen (secondary N) is 1. The van der Waals surface area contributed by atoms with E-state index in [1.165, 1.54) is 11.3 Å². The molecule has 1 N–H and O–H groups in total. The van der Waals surface area contributed by atoms with Crippen LogP contribution in [0, 0.1) is 0 Å². The van der Waals surface area contributed by atoms with Crippen LogP contribution in [-0.2, 0) is 6.42 Å². The summed E-state index contributed by atoms with van der Waals surface area (Å²) < 4.78 is 1.62. The van der Waals surface area contributed by atoms with Gasteiger partial charge in [-0.05, 0) is 23.1 Å². The van der Waals surface area contributed by atoms with Crippen LogP contribution in [0.15, 0.2) is 52.6 Å². The van der Waals surface area contributed by atoms with Crippen LogP contribution in [0.5, 0.6) is 0 Å². The quantitative estimate of drug-likeness (QED) is 0.782. The Morgan fingerprint density at radius 2 is 2.00 bits per heavy atom. The Labute approximate surface area is 108 Å². The van der Waals surface area contributed by atoms with Gasteiger partial charge in [-0.2, -0.15) is 5.10 Å². The van der Waals surface area contributed by atoms with Crippen molar-refractivity contribution in [3.63, 3.8) is 0 Å². The van der Waals surface area contributed by atoms with E-state index in [-0.39, 0.29) is 5.69 Å². The fourth-order valence-corrected chi connectivity index (χ4v) is 2.60. The highest BCUT2D eigenvalue weighted by Gasteiger charge is 2.11. The average Bonchev–Trinajstić information content (AvgIpc) is 3.01. The second kappa shape index (κ2) is 4.62. The molecule has 90 valence electrons. The molecule has 2 aromatic heterocycles. The minimum absolute atomic E-state index is 0.191. The lowest BCUT2D eigenvalue weighted by molar-refractivity contribution is 0.905. The lowest BCUT2D eigenvalue weighted by Crippen LogP contribution is -2.15. The highest BCUT2D eigenvalue weighted by molar-refractivity contribution is 7.12. The smallest absolute Gasteiger partial charge is 0.246 e. The number of aromatic nitrogens is 3. The number of rotatable bonds is 3. The van der Waals surface area contributed by atoms with Gasteiger partial charge < -0.3 is 0 Å². The molecule has 0 fully saturated rings. The van der Waals surface area contributed by atoms with Crippen molar-refractivity contribution in [2.75, 3.05) is 0 Å². The first-order valence-electron chi connectivity index (χ1n) is 5.59. The molecule has 0 aliphatic carbocycles. The SMILES string of the molecule is O=c1[nH]nc(Cc2ccccc2)n1-c1cccs1. The van der Waals surface area contributed by atoms with Gasteiger partial charge in [0.05, 0.1) is 0 Å². The number of thiophene rings is 1. The third-order valence-electron chi connectivity index (χ3n) is 2.67. The molecule has 0 aliphatic rings. The van der Waals surface area contributed by atoms with E-state index in [0.717, 1.165) is 16.4 Å². The summed E-state index contributed by atoms with van der Waals surface area (Å²) in [5.41, 5.74) is 0.942. The Hall–Kier alpha value is -2.14. The first-order chi connectivity index (χ1) is 8.84. The van der Waals surface area contributed by atoms with Gasteiger partial charge in [-0.3, -0.25) is 0 Å². The number of aromatic amines is 1. The average molecular weight is 257 g/mol.